The number of ether oxygens (including phenoxy) is 2. The fraction of sp³-hybridized carbons (Fsp3) is 0.0303. The standard InChI is InChI=1S/C66H41NO2/c1-2-18-42(19-3-1)45-36-39-60(49-23-5-4-20-46(45)49)67(43-34-37-54-50(40-43)47-21-6-8-24-52(47)65(54)56-26-10-14-30-61(56)68-62-31-15-11-27-57(62)65)44-35-38-55-51(41-44)48-22-7-9-25-53(48)66(55)58-28-12-16-32-63(58)69-64-33-17-13-29-59(64)66/h1-41H. The van der Waals surface area contributed by atoms with Gasteiger partial charge in [0, 0.05) is 39.0 Å². The molecule has 3 heteroatoms. The maximum absolute atomic E-state index is 6.68. The molecule has 15 rings (SSSR count). The van der Waals surface area contributed by atoms with Gasteiger partial charge >= 0.3 is 0 Å². The number of anilines is 3. The van der Waals surface area contributed by atoms with Crippen LogP contribution in [0.4, 0.5) is 17.1 Å². The van der Waals surface area contributed by atoms with E-state index in [1.807, 2.05) is 0 Å². The Kier molecular flexibility index (Phi) is 7.92. The third-order valence-corrected chi connectivity index (χ3v) is 15.4. The third-order valence-electron chi connectivity index (χ3n) is 15.4. The van der Waals surface area contributed by atoms with Crippen molar-refractivity contribution in [3.05, 3.63) is 293 Å². The summed E-state index contributed by atoms with van der Waals surface area (Å²) in [6.07, 6.45) is 0. The first-order valence-electron chi connectivity index (χ1n) is 23.8. The molecule has 2 aliphatic carbocycles. The molecule has 69 heavy (non-hydrogen) atoms. The molecule has 0 fully saturated rings. The molecule has 0 saturated heterocycles. The van der Waals surface area contributed by atoms with Crippen LogP contribution in [0.5, 0.6) is 23.0 Å². The van der Waals surface area contributed by atoms with Crippen molar-refractivity contribution in [3.8, 4) is 56.4 Å². The molecule has 0 atom stereocenters. The summed E-state index contributed by atoms with van der Waals surface area (Å²) >= 11 is 0. The fourth-order valence-electron chi connectivity index (χ4n) is 12.7. The molecular formula is C66H41NO2. The molecular weight excluding hydrogens is 839 g/mol. The first-order valence-corrected chi connectivity index (χ1v) is 23.8. The van der Waals surface area contributed by atoms with E-state index in [4.69, 9.17) is 9.47 Å². The van der Waals surface area contributed by atoms with E-state index in [2.05, 4.69) is 254 Å². The molecule has 4 aliphatic rings. The summed E-state index contributed by atoms with van der Waals surface area (Å²) in [6.45, 7) is 0. The monoisotopic (exact) mass is 879 g/mol. The highest BCUT2D eigenvalue weighted by molar-refractivity contribution is 6.07. The van der Waals surface area contributed by atoms with E-state index in [-0.39, 0.29) is 0 Å². The summed E-state index contributed by atoms with van der Waals surface area (Å²) in [5.74, 6) is 3.56. The van der Waals surface area contributed by atoms with E-state index < -0.39 is 10.8 Å². The number of hydrogen-bond acceptors (Lipinski definition) is 3. The molecule has 2 heterocycles. The number of nitrogens with zero attached hydrogens (tertiary/aromatic N) is 1. The van der Waals surface area contributed by atoms with Gasteiger partial charge in [-0.05, 0) is 116 Å². The molecule has 11 aromatic rings. The summed E-state index contributed by atoms with van der Waals surface area (Å²) in [6, 6.07) is 91.0. The van der Waals surface area contributed by atoms with Gasteiger partial charge in [-0.3, -0.25) is 0 Å². The Balaban J connectivity index is 1.00. The molecule has 0 saturated carbocycles. The fourth-order valence-corrected chi connectivity index (χ4v) is 12.7. The SMILES string of the molecule is c1ccc(-c2ccc(N(c3ccc4c(c3)-c3ccccc3C43c4ccccc4Oc4ccccc43)c3ccc4c(c3)-c3ccccc3C43c4ccccc4Oc4ccccc43)c3ccccc23)cc1. The van der Waals surface area contributed by atoms with E-state index in [1.165, 1.54) is 66.4 Å². The lowest BCUT2D eigenvalue weighted by atomic mass is 9.66. The molecule has 11 aromatic carbocycles. The molecule has 0 unspecified atom stereocenters. The van der Waals surface area contributed by atoms with Crippen LogP contribution >= 0.6 is 0 Å². The van der Waals surface area contributed by atoms with Gasteiger partial charge in [-0.25, -0.2) is 0 Å². The average molecular weight is 880 g/mol. The highest BCUT2D eigenvalue weighted by atomic mass is 16.5. The normalized spacial score (nSPS) is 14.3. The van der Waals surface area contributed by atoms with Gasteiger partial charge in [0.25, 0.3) is 0 Å². The topological polar surface area (TPSA) is 21.7 Å². The molecule has 2 spiro atoms. The van der Waals surface area contributed by atoms with Gasteiger partial charge in [0.05, 0.1) is 16.5 Å². The van der Waals surface area contributed by atoms with Gasteiger partial charge in [-0.1, -0.05) is 194 Å². The Bertz CT molecular complexity index is 3660. The Labute approximate surface area is 400 Å². The zero-order chi connectivity index (χ0) is 45.3. The zero-order valence-corrected chi connectivity index (χ0v) is 37.4. The van der Waals surface area contributed by atoms with Crippen LogP contribution in [0, 0.1) is 0 Å². The van der Waals surface area contributed by atoms with Gasteiger partial charge in [-0.15, -0.1) is 0 Å². The quantitative estimate of drug-likeness (QED) is 0.176. The minimum atomic E-state index is -0.563. The first kappa shape index (κ1) is 38.2. The Hall–Kier alpha value is -8.92. The van der Waals surface area contributed by atoms with Gasteiger partial charge in [-0.2, -0.15) is 0 Å². The van der Waals surface area contributed by atoms with E-state index >= 15 is 0 Å². The van der Waals surface area contributed by atoms with Crippen molar-refractivity contribution < 1.29 is 9.47 Å². The van der Waals surface area contributed by atoms with E-state index in [1.54, 1.807) is 0 Å². The lowest BCUT2D eigenvalue weighted by molar-refractivity contribution is 0.436. The highest BCUT2D eigenvalue weighted by Crippen LogP contribution is 2.65. The smallest absolute Gasteiger partial charge is 0.132 e. The Morgan fingerprint density at radius 1 is 0.261 bits per heavy atom. The lowest BCUT2D eigenvalue weighted by Crippen LogP contribution is -2.32. The lowest BCUT2D eigenvalue weighted by Gasteiger charge is -2.39. The average Bonchev–Trinajstić information content (AvgIpc) is 3.87. The second kappa shape index (κ2) is 14.3. The number of fused-ring (bicyclic) bond motifs is 19. The van der Waals surface area contributed by atoms with Gasteiger partial charge in [0.2, 0.25) is 0 Å². The number of rotatable bonds is 4. The molecule has 2 aliphatic heterocycles. The zero-order valence-electron chi connectivity index (χ0n) is 37.4. The van der Waals surface area contributed by atoms with Crippen LogP contribution < -0.4 is 14.4 Å². The minimum Gasteiger partial charge on any atom is -0.457 e. The summed E-state index contributed by atoms with van der Waals surface area (Å²) in [5, 5.41) is 2.38. The van der Waals surface area contributed by atoms with Crippen molar-refractivity contribution in [2.24, 2.45) is 0 Å². The third kappa shape index (κ3) is 5.06. The summed E-state index contributed by atoms with van der Waals surface area (Å²) in [5.41, 5.74) is 19.1. The van der Waals surface area contributed by atoms with Crippen LogP contribution in [0.2, 0.25) is 0 Å². The number of hydrogen-bond donors (Lipinski definition) is 0. The summed E-state index contributed by atoms with van der Waals surface area (Å²) in [4.78, 5) is 2.50. The van der Waals surface area contributed by atoms with Crippen LogP contribution in [0.25, 0.3) is 44.2 Å². The second-order valence-corrected chi connectivity index (χ2v) is 18.6. The molecule has 0 radical (unpaired) electrons. The van der Waals surface area contributed by atoms with Crippen molar-refractivity contribution in [2.75, 3.05) is 4.90 Å². The second-order valence-electron chi connectivity index (χ2n) is 18.6. The van der Waals surface area contributed by atoms with Crippen molar-refractivity contribution >= 4 is 27.8 Å². The summed E-state index contributed by atoms with van der Waals surface area (Å²) in [7, 11) is 0. The Morgan fingerprint density at radius 3 is 1.12 bits per heavy atom. The molecule has 0 amide bonds. The van der Waals surface area contributed by atoms with Crippen molar-refractivity contribution in [1.29, 1.82) is 0 Å². The molecule has 0 aromatic heterocycles. The van der Waals surface area contributed by atoms with Crippen LogP contribution in [-0.4, -0.2) is 0 Å². The highest BCUT2D eigenvalue weighted by Gasteiger charge is 2.53. The predicted molar refractivity (Wildman–Crippen MR) is 279 cm³/mol. The van der Waals surface area contributed by atoms with Crippen molar-refractivity contribution in [2.45, 2.75) is 10.8 Å². The Morgan fingerprint density at radius 2 is 0.638 bits per heavy atom. The summed E-state index contributed by atoms with van der Waals surface area (Å²) < 4.78 is 13.4. The van der Waals surface area contributed by atoms with E-state index in [0.29, 0.717) is 0 Å². The van der Waals surface area contributed by atoms with Gasteiger partial charge < -0.3 is 14.4 Å². The van der Waals surface area contributed by atoms with Gasteiger partial charge in [0.1, 0.15) is 23.0 Å². The predicted octanol–water partition coefficient (Wildman–Crippen LogP) is 16.9. The molecule has 0 bridgehead atoms. The van der Waals surface area contributed by atoms with Crippen molar-refractivity contribution in [1.82, 2.24) is 0 Å². The van der Waals surface area contributed by atoms with Crippen LogP contribution in [0.1, 0.15) is 44.5 Å². The van der Waals surface area contributed by atoms with Gasteiger partial charge in [0.15, 0.2) is 0 Å². The number of benzene rings is 11. The maximum Gasteiger partial charge on any atom is 0.132 e. The first-order chi connectivity index (χ1) is 34.2. The van der Waals surface area contributed by atoms with E-state index in [0.717, 1.165) is 62.3 Å². The van der Waals surface area contributed by atoms with Crippen molar-refractivity contribution in [3.63, 3.8) is 0 Å². The molecule has 3 nitrogen and oxygen atoms in total. The number of para-hydroxylation sites is 4. The molecule has 0 N–H and O–H groups in total. The molecule has 322 valence electrons. The largest absolute Gasteiger partial charge is 0.457 e. The van der Waals surface area contributed by atoms with Crippen LogP contribution in [0.3, 0.4) is 0 Å². The van der Waals surface area contributed by atoms with Crippen LogP contribution in [-0.2, 0) is 10.8 Å². The maximum atomic E-state index is 6.68. The van der Waals surface area contributed by atoms with Crippen LogP contribution in [0.15, 0.2) is 249 Å². The minimum absolute atomic E-state index is 0.563. The van der Waals surface area contributed by atoms with E-state index in [9.17, 15) is 0 Å².